The zero-order valence-electron chi connectivity index (χ0n) is 12.2. The number of hydrogen-bond donors (Lipinski definition) is 0. The van der Waals surface area contributed by atoms with E-state index < -0.39 is 0 Å². The Labute approximate surface area is 122 Å². The first kappa shape index (κ1) is 11.6. The molecule has 0 heterocycles. The van der Waals surface area contributed by atoms with Crippen molar-refractivity contribution in [3.8, 4) is 0 Å². The van der Waals surface area contributed by atoms with Crippen LogP contribution in [0.4, 0.5) is 0 Å². The third-order valence-electron chi connectivity index (χ3n) is 7.25. The van der Waals surface area contributed by atoms with Gasteiger partial charge >= 0.3 is 0 Å². The van der Waals surface area contributed by atoms with Gasteiger partial charge in [-0.3, -0.25) is 0 Å². The standard InChI is InChI=1S/C20H24/c1-2-6-14(5-1)18-11-12-19-15-9-10-17(13-15)20(18,19)16-7-3-4-8-16/h1-5,7,15,17-19H,6,8-13H2. The molecule has 104 valence electrons. The summed E-state index contributed by atoms with van der Waals surface area (Å²) in [5, 5.41) is 0. The third kappa shape index (κ3) is 1.24. The van der Waals surface area contributed by atoms with Gasteiger partial charge in [-0.15, -0.1) is 0 Å². The number of allylic oxidation sites excluding steroid dienone is 8. The van der Waals surface area contributed by atoms with Crippen molar-refractivity contribution in [2.75, 3.05) is 0 Å². The van der Waals surface area contributed by atoms with Crippen LogP contribution in [0.2, 0.25) is 0 Å². The van der Waals surface area contributed by atoms with Crippen LogP contribution in [0, 0.1) is 29.1 Å². The molecule has 0 aromatic heterocycles. The van der Waals surface area contributed by atoms with Gasteiger partial charge in [0, 0.05) is 5.41 Å². The van der Waals surface area contributed by atoms with E-state index in [9.17, 15) is 0 Å². The summed E-state index contributed by atoms with van der Waals surface area (Å²) in [4.78, 5) is 0. The second kappa shape index (κ2) is 4.00. The fourth-order valence-corrected chi connectivity index (χ4v) is 6.82. The summed E-state index contributed by atoms with van der Waals surface area (Å²) in [6.45, 7) is 0. The largest absolute Gasteiger partial charge is 0.0805 e. The first-order valence-electron chi connectivity index (χ1n) is 8.62. The predicted molar refractivity (Wildman–Crippen MR) is 83.2 cm³/mol. The number of hydrogen-bond acceptors (Lipinski definition) is 0. The van der Waals surface area contributed by atoms with Crippen molar-refractivity contribution >= 4 is 0 Å². The summed E-state index contributed by atoms with van der Waals surface area (Å²) in [7, 11) is 0. The summed E-state index contributed by atoms with van der Waals surface area (Å²) in [5.41, 5.74) is 4.14. The van der Waals surface area contributed by atoms with E-state index in [1.807, 2.05) is 5.57 Å². The Hall–Kier alpha value is -1.04. The summed E-state index contributed by atoms with van der Waals surface area (Å²) < 4.78 is 0. The third-order valence-corrected chi connectivity index (χ3v) is 7.25. The van der Waals surface area contributed by atoms with Crippen LogP contribution in [0.25, 0.3) is 0 Å². The van der Waals surface area contributed by atoms with Crippen LogP contribution in [0.3, 0.4) is 0 Å². The van der Waals surface area contributed by atoms with Gasteiger partial charge in [0.05, 0.1) is 0 Å². The van der Waals surface area contributed by atoms with Crippen LogP contribution in [-0.2, 0) is 0 Å². The zero-order valence-corrected chi connectivity index (χ0v) is 12.2. The molecule has 0 heteroatoms. The molecule has 0 aromatic rings. The highest BCUT2D eigenvalue weighted by Crippen LogP contribution is 2.73. The Balaban J connectivity index is 1.63. The van der Waals surface area contributed by atoms with Crippen molar-refractivity contribution in [2.45, 2.75) is 44.9 Å². The molecule has 0 N–H and O–H groups in total. The van der Waals surface area contributed by atoms with E-state index in [1.54, 1.807) is 12.0 Å². The van der Waals surface area contributed by atoms with Gasteiger partial charge < -0.3 is 0 Å². The van der Waals surface area contributed by atoms with Crippen molar-refractivity contribution in [1.29, 1.82) is 0 Å². The van der Waals surface area contributed by atoms with E-state index in [0.29, 0.717) is 5.41 Å². The summed E-state index contributed by atoms with van der Waals surface area (Å²) in [6.07, 6.45) is 24.3. The maximum absolute atomic E-state index is 2.50. The summed E-state index contributed by atoms with van der Waals surface area (Å²) >= 11 is 0. The van der Waals surface area contributed by atoms with Crippen LogP contribution in [0.1, 0.15) is 44.9 Å². The average molecular weight is 264 g/mol. The van der Waals surface area contributed by atoms with Gasteiger partial charge in [0.25, 0.3) is 0 Å². The van der Waals surface area contributed by atoms with Crippen molar-refractivity contribution in [3.63, 3.8) is 0 Å². The van der Waals surface area contributed by atoms with Gasteiger partial charge in [-0.1, -0.05) is 47.6 Å². The Kier molecular flexibility index (Phi) is 2.32. The molecular formula is C20H24. The van der Waals surface area contributed by atoms with Gasteiger partial charge in [-0.2, -0.15) is 0 Å². The minimum absolute atomic E-state index is 0.574. The van der Waals surface area contributed by atoms with Crippen LogP contribution in [0.5, 0.6) is 0 Å². The maximum Gasteiger partial charge on any atom is 0.00429 e. The highest BCUT2D eigenvalue weighted by molar-refractivity contribution is 5.40. The zero-order chi connectivity index (χ0) is 13.2. The molecule has 20 heavy (non-hydrogen) atoms. The lowest BCUT2D eigenvalue weighted by atomic mass is 9.57. The lowest BCUT2D eigenvalue weighted by molar-refractivity contribution is 0.117. The minimum atomic E-state index is 0.574. The quantitative estimate of drug-likeness (QED) is 0.643. The molecule has 5 aliphatic carbocycles. The lowest BCUT2D eigenvalue weighted by Crippen LogP contribution is -2.40. The van der Waals surface area contributed by atoms with Crippen molar-refractivity contribution in [2.24, 2.45) is 29.1 Å². The second-order valence-electron chi connectivity index (χ2n) is 7.64. The number of fused-ring (bicyclic) bond motifs is 5. The van der Waals surface area contributed by atoms with Gasteiger partial charge in [-0.25, -0.2) is 0 Å². The fourth-order valence-electron chi connectivity index (χ4n) is 6.82. The normalized spacial score (nSPS) is 48.0. The van der Waals surface area contributed by atoms with E-state index in [0.717, 1.165) is 23.7 Å². The van der Waals surface area contributed by atoms with Crippen LogP contribution >= 0.6 is 0 Å². The second-order valence-corrected chi connectivity index (χ2v) is 7.64. The molecule has 0 amide bonds. The van der Waals surface area contributed by atoms with Crippen molar-refractivity contribution in [3.05, 3.63) is 47.6 Å². The molecule has 3 fully saturated rings. The molecule has 5 unspecified atom stereocenters. The first-order valence-corrected chi connectivity index (χ1v) is 8.62. The average Bonchev–Trinajstić information content (AvgIpc) is 3.23. The van der Waals surface area contributed by atoms with Gasteiger partial charge in [0.2, 0.25) is 0 Å². The smallest absolute Gasteiger partial charge is 0.00429 e. The van der Waals surface area contributed by atoms with E-state index in [4.69, 9.17) is 0 Å². The molecule has 0 radical (unpaired) electrons. The van der Waals surface area contributed by atoms with Crippen LogP contribution < -0.4 is 0 Å². The Bertz CT molecular complexity index is 559. The molecule has 5 aliphatic rings. The van der Waals surface area contributed by atoms with Crippen molar-refractivity contribution in [1.82, 2.24) is 0 Å². The topological polar surface area (TPSA) is 0 Å². The molecule has 5 atom stereocenters. The SMILES string of the molecule is C1=CCC(C2CCC3C4CCC(C4)C23C2=CC=CC2)=C1. The fraction of sp³-hybridized carbons (Fsp3) is 0.600. The van der Waals surface area contributed by atoms with Crippen molar-refractivity contribution < 1.29 is 0 Å². The Morgan fingerprint density at radius 1 is 0.900 bits per heavy atom. The van der Waals surface area contributed by atoms with E-state index in [2.05, 4.69) is 36.5 Å². The molecule has 0 aliphatic heterocycles. The Morgan fingerprint density at radius 3 is 2.60 bits per heavy atom. The molecule has 0 aromatic carbocycles. The van der Waals surface area contributed by atoms with Gasteiger partial charge in [0.15, 0.2) is 0 Å². The molecule has 0 spiro atoms. The maximum atomic E-state index is 2.50. The highest BCUT2D eigenvalue weighted by atomic mass is 14.7. The monoisotopic (exact) mass is 264 g/mol. The molecule has 2 bridgehead atoms. The summed E-state index contributed by atoms with van der Waals surface area (Å²) in [6, 6.07) is 0. The predicted octanol–water partition coefficient (Wildman–Crippen LogP) is 5.20. The Morgan fingerprint density at radius 2 is 1.80 bits per heavy atom. The number of rotatable bonds is 2. The first-order chi connectivity index (χ1) is 9.90. The summed E-state index contributed by atoms with van der Waals surface area (Å²) in [5.74, 6) is 3.93. The molecular weight excluding hydrogens is 240 g/mol. The minimum Gasteiger partial charge on any atom is -0.0805 e. The molecule has 3 saturated carbocycles. The molecule has 0 nitrogen and oxygen atoms in total. The molecule has 5 rings (SSSR count). The lowest BCUT2D eigenvalue weighted by Gasteiger charge is -2.46. The molecule has 0 saturated heterocycles. The van der Waals surface area contributed by atoms with E-state index in [1.165, 1.54) is 38.5 Å². The van der Waals surface area contributed by atoms with Gasteiger partial charge in [0.1, 0.15) is 0 Å². The highest BCUT2D eigenvalue weighted by Gasteiger charge is 2.65. The van der Waals surface area contributed by atoms with Crippen LogP contribution in [0.15, 0.2) is 47.6 Å². The van der Waals surface area contributed by atoms with Gasteiger partial charge in [-0.05, 0) is 68.6 Å². The van der Waals surface area contributed by atoms with Crippen LogP contribution in [-0.4, -0.2) is 0 Å². The van der Waals surface area contributed by atoms with E-state index in [-0.39, 0.29) is 0 Å². The van der Waals surface area contributed by atoms with E-state index >= 15 is 0 Å².